The van der Waals surface area contributed by atoms with Crippen LogP contribution in [-0.2, 0) is 0 Å². The second kappa shape index (κ2) is 7.66. The number of rotatable bonds is 4. The Morgan fingerprint density at radius 2 is 1.16 bits per heavy atom. The Kier molecular flexibility index (Phi) is 4.68. The van der Waals surface area contributed by atoms with Crippen molar-refractivity contribution in [1.29, 1.82) is 0 Å². The number of aryl methyl sites for hydroxylation is 1. The first-order valence-corrected chi connectivity index (χ1v) is 10.3. The molecule has 148 valence electrons. The van der Waals surface area contributed by atoms with Gasteiger partial charge in [-0.1, -0.05) is 92.0 Å². The lowest BCUT2D eigenvalue weighted by molar-refractivity contribution is 1.06. The summed E-state index contributed by atoms with van der Waals surface area (Å²) in [6, 6.07) is 27.3. The SMILES string of the molecule is C=Cc1c(C=C)c2ccc(-c3cc(-c4ccccc4)nc(C)n3)cc2c2ccccc12. The minimum absolute atomic E-state index is 0.759. The smallest absolute Gasteiger partial charge is 0.126 e. The van der Waals surface area contributed by atoms with Crippen LogP contribution in [0.1, 0.15) is 17.0 Å². The molecule has 4 aromatic carbocycles. The van der Waals surface area contributed by atoms with Crippen LogP contribution >= 0.6 is 0 Å². The average Bonchev–Trinajstić information content (AvgIpc) is 2.83. The average molecular weight is 399 g/mol. The minimum Gasteiger partial charge on any atom is -0.233 e. The molecule has 0 N–H and O–H groups in total. The summed E-state index contributed by atoms with van der Waals surface area (Å²) in [5.41, 5.74) is 6.24. The Hall–Kier alpha value is -4.04. The molecule has 5 rings (SSSR count). The summed E-state index contributed by atoms with van der Waals surface area (Å²) in [6.07, 6.45) is 3.85. The van der Waals surface area contributed by atoms with Crippen LogP contribution in [0.3, 0.4) is 0 Å². The van der Waals surface area contributed by atoms with Gasteiger partial charge in [0.15, 0.2) is 0 Å². The predicted molar refractivity (Wildman–Crippen MR) is 133 cm³/mol. The quantitative estimate of drug-likeness (QED) is 0.290. The fraction of sp³-hybridized carbons (Fsp3) is 0.0345. The summed E-state index contributed by atoms with van der Waals surface area (Å²) in [4.78, 5) is 9.40. The van der Waals surface area contributed by atoms with Crippen molar-refractivity contribution in [1.82, 2.24) is 9.97 Å². The van der Waals surface area contributed by atoms with Gasteiger partial charge in [0.05, 0.1) is 11.4 Å². The topological polar surface area (TPSA) is 25.8 Å². The third-order valence-electron chi connectivity index (χ3n) is 5.72. The van der Waals surface area contributed by atoms with Gasteiger partial charge in [0.25, 0.3) is 0 Å². The summed E-state index contributed by atoms with van der Waals surface area (Å²) >= 11 is 0. The van der Waals surface area contributed by atoms with Crippen molar-refractivity contribution in [3.63, 3.8) is 0 Å². The van der Waals surface area contributed by atoms with E-state index >= 15 is 0 Å². The Labute approximate surface area is 182 Å². The molecule has 0 unspecified atom stereocenters. The largest absolute Gasteiger partial charge is 0.233 e. The first kappa shape index (κ1) is 19.0. The van der Waals surface area contributed by atoms with E-state index in [1.54, 1.807) is 0 Å². The van der Waals surface area contributed by atoms with E-state index in [1.165, 1.54) is 21.5 Å². The molecule has 0 bridgehead atoms. The highest BCUT2D eigenvalue weighted by Gasteiger charge is 2.13. The molecule has 31 heavy (non-hydrogen) atoms. The van der Waals surface area contributed by atoms with Gasteiger partial charge in [-0.2, -0.15) is 0 Å². The summed E-state index contributed by atoms with van der Waals surface area (Å²) in [5, 5.41) is 4.74. The molecular weight excluding hydrogens is 376 g/mol. The van der Waals surface area contributed by atoms with Crippen molar-refractivity contribution in [2.75, 3.05) is 0 Å². The minimum atomic E-state index is 0.759. The van der Waals surface area contributed by atoms with Gasteiger partial charge < -0.3 is 0 Å². The predicted octanol–water partition coefficient (Wildman–Crippen LogP) is 7.71. The van der Waals surface area contributed by atoms with Crippen molar-refractivity contribution in [2.24, 2.45) is 0 Å². The number of hydrogen-bond acceptors (Lipinski definition) is 2. The van der Waals surface area contributed by atoms with Crippen molar-refractivity contribution in [3.8, 4) is 22.5 Å². The highest BCUT2D eigenvalue weighted by molar-refractivity contribution is 6.15. The lowest BCUT2D eigenvalue weighted by atomic mass is 9.90. The molecule has 1 aromatic heterocycles. The molecule has 0 fully saturated rings. The molecule has 1 heterocycles. The zero-order valence-electron chi connectivity index (χ0n) is 17.5. The van der Waals surface area contributed by atoms with Gasteiger partial charge in [-0.25, -0.2) is 9.97 Å². The Morgan fingerprint density at radius 1 is 0.581 bits per heavy atom. The molecule has 0 aliphatic rings. The highest BCUT2D eigenvalue weighted by atomic mass is 14.9. The molecule has 2 heteroatoms. The Balaban J connectivity index is 1.78. The maximum atomic E-state index is 4.75. The lowest BCUT2D eigenvalue weighted by Gasteiger charge is -2.14. The van der Waals surface area contributed by atoms with E-state index in [4.69, 9.17) is 4.98 Å². The van der Waals surface area contributed by atoms with Crippen LogP contribution in [0.4, 0.5) is 0 Å². The zero-order valence-corrected chi connectivity index (χ0v) is 17.5. The fourth-order valence-corrected chi connectivity index (χ4v) is 4.32. The number of nitrogens with zero attached hydrogens (tertiary/aromatic N) is 2. The molecule has 5 aromatic rings. The number of benzene rings is 4. The van der Waals surface area contributed by atoms with E-state index in [0.717, 1.165) is 39.5 Å². The summed E-state index contributed by atoms with van der Waals surface area (Å²) < 4.78 is 0. The first-order valence-electron chi connectivity index (χ1n) is 10.3. The van der Waals surface area contributed by atoms with Crippen LogP contribution in [0.15, 0.2) is 92.0 Å². The van der Waals surface area contributed by atoms with E-state index in [0.29, 0.717) is 0 Å². The third-order valence-corrected chi connectivity index (χ3v) is 5.72. The maximum absolute atomic E-state index is 4.75. The van der Waals surface area contributed by atoms with Gasteiger partial charge in [0.1, 0.15) is 5.82 Å². The van der Waals surface area contributed by atoms with Gasteiger partial charge in [-0.05, 0) is 51.7 Å². The normalized spacial score (nSPS) is 11.0. The molecule has 0 aliphatic heterocycles. The van der Waals surface area contributed by atoms with Crippen molar-refractivity contribution < 1.29 is 0 Å². The summed E-state index contributed by atoms with van der Waals surface area (Å²) in [7, 11) is 0. The van der Waals surface area contributed by atoms with E-state index in [2.05, 4.69) is 78.8 Å². The maximum Gasteiger partial charge on any atom is 0.126 e. The molecule has 0 aliphatic carbocycles. The Bertz CT molecular complexity index is 1460. The molecule has 0 saturated heterocycles. The molecule has 0 amide bonds. The van der Waals surface area contributed by atoms with Gasteiger partial charge >= 0.3 is 0 Å². The number of hydrogen-bond donors (Lipinski definition) is 0. The van der Waals surface area contributed by atoms with Crippen LogP contribution in [-0.4, -0.2) is 9.97 Å². The van der Waals surface area contributed by atoms with Crippen molar-refractivity contribution in [3.05, 3.63) is 109 Å². The van der Waals surface area contributed by atoms with Crippen LogP contribution in [0, 0.1) is 6.92 Å². The lowest BCUT2D eigenvalue weighted by Crippen LogP contribution is -1.95. The van der Waals surface area contributed by atoms with Gasteiger partial charge in [-0.3, -0.25) is 0 Å². The van der Waals surface area contributed by atoms with E-state index in [1.807, 2.05) is 37.3 Å². The van der Waals surface area contributed by atoms with Gasteiger partial charge in [-0.15, -0.1) is 0 Å². The molecular formula is C29H22N2. The van der Waals surface area contributed by atoms with E-state index in [9.17, 15) is 0 Å². The van der Waals surface area contributed by atoms with Crippen LogP contribution in [0.5, 0.6) is 0 Å². The standard InChI is InChI=1S/C29H22N2/c1-4-22-23(5-2)26-16-15-21(17-27(26)25-14-10-9-13-24(22)25)29-18-28(30-19(3)31-29)20-11-7-6-8-12-20/h4-18H,1-2H2,3H3. The van der Waals surface area contributed by atoms with Crippen LogP contribution in [0.25, 0.3) is 56.2 Å². The summed E-state index contributed by atoms with van der Waals surface area (Å²) in [5.74, 6) is 0.759. The third kappa shape index (κ3) is 3.23. The monoisotopic (exact) mass is 398 g/mol. The molecule has 0 atom stereocenters. The Morgan fingerprint density at radius 3 is 1.84 bits per heavy atom. The van der Waals surface area contributed by atoms with Crippen LogP contribution in [0.2, 0.25) is 0 Å². The van der Waals surface area contributed by atoms with E-state index in [-0.39, 0.29) is 0 Å². The molecule has 0 saturated carbocycles. The van der Waals surface area contributed by atoms with E-state index < -0.39 is 0 Å². The molecule has 0 radical (unpaired) electrons. The number of aromatic nitrogens is 2. The first-order chi connectivity index (χ1) is 15.2. The highest BCUT2D eigenvalue weighted by Crippen LogP contribution is 2.36. The van der Waals surface area contributed by atoms with Crippen LogP contribution < -0.4 is 0 Å². The molecule has 0 spiro atoms. The zero-order chi connectivity index (χ0) is 21.4. The fourth-order valence-electron chi connectivity index (χ4n) is 4.32. The molecule has 2 nitrogen and oxygen atoms in total. The summed E-state index contributed by atoms with van der Waals surface area (Å²) in [6.45, 7) is 10.1. The van der Waals surface area contributed by atoms with Crippen molar-refractivity contribution in [2.45, 2.75) is 6.92 Å². The number of fused-ring (bicyclic) bond motifs is 3. The van der Waals surface area contributed by atoms with Crippen molar-refractivity contribution >= 4 is 33.7 Å². The second-order valence-electron chi connectivity index (χ2n) is 7.59. The second-order valence-corrected chi connectivity index (χ2v) is 7.59. The van der Waals surface area contributed by atoms with Gasteiger partial charge in [0, 0.05) is 11.1 Å². The van der Waals surface area contributed by atoms with Gasteiger partial charge in [0.2, 0.25) is 0 Å².